The first-order valence-electron chi connectivity index (χ1n) is 10.3. The molecule has 1 aliphatic carbocycles. The van der Waals surface area contributed by atoms with Crippen LogP contribution in [0.4, 0.5) is 0 Å². The fraction of sp³-hybridized carbons (Fsp3) is 0.591. The first-order chi connectivity index (χ1) is 13.2. The quantitative estimate of drug-likeness (QED) is 0.834. The number of aromatic nitrogens is 2. The zero-order chi connectivity index (χ0) is 18.6. The summed E-state index contributed by atoms with van der Waals surface area (Å²) in [5.41, 5.74) is 3.19. The second-order valence-electron chi connectivity index (χ2n) is 8.37. The van der Waals surface area contributed by atoms with E-state index in [0.717, 1.165) is 50.1 Å². The van der Waals surface area contributed by atoms with E-state index in [2.05, 4.69) is 32.9 Å². The number of carbonyl (C=O) groups excluding carboxylic acids is 1. The molecule has 1 saturated heterocycles. The molecule has 0 N–H and O–H groups in total. The molecule has 27 heavy (non-hydrogen) atoms. The highest BCUT2D eigenvalue weighted by molar-refractivity contribution is 5.77. The molecule has 0 bridgehead atoms. The molecule has 3 heterocycles. The van der Waals surface area contributed by atoms with Crippen LogP contribution in [-0.2, 0) is 11.2 Å². The Morgan fingerprint density at radius 2 is 1.93 bits per heavy atom. The molecule has 1 atom stereocenters. The fourth-order valence-corrected chi connectivity index (χ4v) is 4.74. The number of rotatable bonds is 4. The van der Waals surface area contributed by atoms with E-state index < -0.39 is 0 Å². The van der Waals surface area contributed by atoms with Crippen molar-refractivity contribution < 1.29 is 4.79 Å². The van der Waals surface area contributed by atoms with Crippen LogP contribution in [-0.4, -0.2) is 58.9 Å². The maximum atomic E-state index is 12.9. The molecule has 0 radical (unpaired) electrons. The number of pyridine rings is 2. The molecule has 0 aromatic carbocycles. The van der Waals surface area contributed by atoms with Gasteiger partial charge in [-0.1, -0.05) is 12.8 Å². The zero-order valence-corrected chi connectivity index (χ0v) is 16.3. The van der Waals surface area contributed by atoms with Crippen molar-refractivity contribution in [3.8, 4) is 0 Å². The average Bonchev–Trinajstić information content (AvgIpc) is 3.10. The molecule has 1 unspecified atom stereocenters. The van der Waals surface area contributed by atoms with Crippen LogP contribution in [0.3, 0.4) is 0 Å². The monoisotopic (exact) mass is 366 g/mol. The van der Waals surface area contributed by atoms with Crippen molar-refractivity contribution >= 4 is 16.9 Å². The second kappa shape index (κ2) is 8.34. The number of hydrogen-bond donors (Lipinski definition) is 0. The van der Waals surface area contributed by atoms with Gasteiger partial charge in [-0.05, 0) is 61.9 Å². The van der Waals surface area contributed by atoms with Gasteiger partial charge in [-0.3, -0.25) is 14.8 Å². The van der Waals surface area contributed by atoms with Gasteiger partial charge in [0.2, 0.25) is 5.91 Å². The van der Waals surface area contributed by atoms with E-state index in [-0.39, 0.29) is 0 Å². The van der Waals surface area contributed by atoms with Crippen LogP contribution in [0.5, 0.6) is 0 Å². The second-order valence-corrected chi connectivity index (χ2v) is 8.37. The summed E-state index contributed by atoms with van der Waals surface area (Å²) in [5.74, 6) is 1.41. The minimum Gasteiger partial charge on any atom is -0.341 e. The predicted molar refractivity (Wildman–Crippen MR) is 107 cm³/mol. The Balaban J connectivity index is 1.48. The molecule has 1 saturated carbocycles. The third-order valence-corrected chi connectivity index (χ3v) is 6.18. The highest BCUT2D eigenvalue weighted by Crippen LogP contribution is 2.28. The zero-order valence-electron chi connectivity index (χ0n) is 16.3. The van der Waals surface area contributed by atoms with E-state index in [9.17, 15) is 4.79 Å². The molecule has 2 aromatic rings. The van der Waals surface area contributed by atoms with Gasteiger partial charge in [-0.15, -0.1) is 0 Å². The molecule has 4 rings (SSSR count). The summed E-state index contributed by atoms with van der Waals surface area (Å²) >= 11 is 0. The van der Waals surface area contributed by atoms with Gasteiger partial charge in [-0.2, -0.15) is 0 Å². The van der Waals surface area contributed by atoms with Gasteiger partial charge in [0.1, 0.15) is 0 Å². The van der Waals surface area contributed by atoms with Gasteiger partial charge >= 0.3 is 0 Å². The molecule has 5 nitrogen and oxygen atoms in total. The maximum absolute atomic E-state index is 12.9. The molecule has 1 amide bonds. The Labute approximate surface area is 161 Å². The first kappa shape index (κ1) is 18.4. The smallest absolute Gasteiger partial charge is 0.222 e. The van der Waals surface area contributed by atoms with Gasteiger partial charge in [0, 0.05) is 45.0 Å². The van der Waals surface area contributed by atoms with Crippen LogP contribution in [0.2, 0.25) is 0 Å². The van der Waals surface area contributed by atoms with Crippen molar-refractivity contribution in [3.63, 3.8) is 0 Å². The van der Waals surface area contributed by atoms with Crippen LogP contribution in [0.1, 0.15) is 37.7 Å². The highest BCUT2D eigenvalue weighted by atomic mass is 16.2. The summed E-state index contributed by atoms with van der Waals surface area (Å²) < 4.78 is 0. The van der Waals surface area contributed by atoms with E-state index in [1.165, 1.54) is 31.2 Å². The van der Waals surface area contributed by atoms with Gasteiger partial charge < -0.3 is 9.80 Å². The number of nitrogens with zero attached hydrogens (tertiary/aromatic N) is 4. The molecule has 0 spiro atoms. The summed E-state index contributed by atoms with van der Waals surface area (Å²) in [5, 5.41) is 0. The minimum atomic E-state index is 0.361. The third-order valence-electron chi connectivity index (χ3n) is 6.18. The van der Waals surface area contributed by atoms with Crippen molar-refractivity contribution in [2.24, 2.45) is 11.8 Å². The number of fused-ring (bicyclic) bond motifs is 1. The highest BCUT2D eigenvalue weighted by Gasteiger charge is 2.27. The number of amides is 1. The van der Waals surface area contributed by atoms with E-state index in [1.807, 2.05) is 24.5 Å². The van der Waals surface area contributed by atoms with Crippen molar-refractivity contribution in [2.45, 2.75) is 38.5 Å². The SMILES string of the molecule is CN1CCN(C(=O)CC2CCCC2)CC(Cc2ccnc3cccnc23)C1. The lowest BCUT2D eigenvalue weighted by atomic mass is 9.97. The van der Waals surface area contributed by atoms with Gasteiger partial charge in [0.15, 0.2) is 0 Å². The molecule has 144 valence electrons. The minimum absolute atomic E-state index is 0.361. The Kier molecular flexibility index (Phi) is 5.67. The van der Waals surface area contributed by atoms with Crippen molar-refractivity contribution in [1.29, 1.82) is 0 Å². The van der Waals surface area contributed by atoms with Crippen molar-refractivity contribution in [2.75, 3.05) is 33.2 Å². The average molecular weight is 367 g/mol. The molecule has 2 aliphatic rings. The van der Waals surface area contributed by atoms with E-state index in [0.29, 0.717) is 17.7 Å². The number of likely N-dealkylation sites (N-methyl/N-ethyl adjacent to an activating group) is 1. The lowest BCUT2D eigenvalue weighted by Crippen LogP contribution is -2.37. The van der Waals surface area contributed by atoms with Crippen LogP contribution in [0.25, 0.3) is 11.0 Å². The van der Waals surface area contributed by atoms with Crippen molar-refractivity contribution in [1.82, 2.24) is 19.8 Å². The fourth-order valence-electron chi connectivity index (χ4n) is 4.74. The standard InChI is InChI=1S/C22H30N4O/c1-25-11-12-26(21(27)14-17-5-2-3-6-17)16-18(15-25)13-19-8-10-23-20-7-4-9-24-22(19)20/h4,7-10,17-18H,2-3,5-6,11-16H2,1H3. The lowest BCUT2D eigenvalue weighted by molar-refractivity contribution is -0.132. The van der Waals surface area contributed by atoms with Gasteiger partial charge in [-0.25, -0.2) is 0 Å². The van der Waals surface area contributed by atoms with E-state index in [4.69, 9.17) is 0 Å². The molecule has 2 aromatic heterocycles. The summed E-state index contributed by atoms with van der Waals surface area (Å²) in [6.45, 7) is 3.69. The Morgan fingerprint density at radius 3 is 2.78 bits per heavy atom. The molecule has 5 heteroatoms. The summed E-state index contributed by atoms with van der Waals surface area (Å²) in [6, 6.07) is 6.04. The normalized spacial score (nSPS) is 22.3. The summed E-state index contributed by atoms with van der Waals surface area (Å²) in [6.07, 6.45) is 10.5. The van der Waals surface area contributed by atoms with Gasteiger partial charge in [0.25, 0.3) is 0 Å². The third kappa shape index (κ3) is 4.46. The maximum Gasteiger partial charge on any atom is 0.222 e. The summed E-state index contributed by atoms with van der Waals surface area (Å²) in [7, 11) is 2.17. The number of carbonyl (C=O) groups is 1. The first-order valence-corrected chi connectivity index (χ1v) is 10.3. The van der Waals surface area contributed by atoms with Gasteiger partial charge in [0.05, 0.1) is 11.0 Å². The predicted octanol–water partition coefficient (Wildman–Crippen LogP) is 3.14. The Bertz CT molecular complexity index is 781. The lowest BCUT2D eigenvalue weighted by Gasteiger charge is -2.25. The largest absolute Gasteiger partial charge is 0.341 e. The van der Waals surface area contributed by atoms with E-state index in [1.54, 1.807) is 0 Å². The van der Waals surface area contributed by atoms with Crippen LogP contribution < -0.4 is 0 Å². The van der Waals surface area contributed by atoms with Crippen LogP contribution in [0, 0.1) is 11.8 Å². The summed E-state index contributed by atoms with van der Waals surface area (Å²) in [4.78, 5) is 26.4. The molecule has 1 aliphatic heterocycles. The topological polar surface area (TPSA) is 49.3 Å². The molecule has 2 fully saturated rings. The molecular formula is C22H30N4O. The van der Waals surface area contributed by atoms with Crippen LogP contribution in [0.15, 0.2) is 30.6 Å². The Morgan fingerprint density at radius 1 is 1.07 bits per heavy atom. The Hall–Kier alpha value is -2.01. The van der Waals surface area contributed by atoms with Crippen molar-refractivity contribution in [3.05, 3.63) is 36.2 Å². The van der Waals surface area contributed by atoms with E-state index >= 15 is 0 Å². The van der Waals surface area contributed by atoms with Crippen LogP contribution >= 0.6 is 0 Å². The molecular weight excluding hydrogens is 336 g/mol. The number of hydrogen-bond acceptors (Lipinski definition) is 4.